The van der Waals surface area contributed by atoms with Gasteiger partial charge in [-0.15, -0.1) is 0 Å². The van der Waals surface area contributed by atoms with Gasteiger partial charge in [0.05, 0.1) is 20.9 Å². The quantitative estimate of drug-likeness (QED) is 0.535. The number of rotatable bonds is 6. The Bertz CT molecular complexity index is 1290. The number of amides is 1. The minimum atomic E-state index is -3.60. The van der Waals surface area contributed by atoms with Crippen molar-refractivity contribution in [1.29, 1.82) is 0 Å². The van der Waals surface area contributed by atoms with Gasteiger partial charge in [-0.25, -0.2) is 8.42 Å². The van der Waals surface area contributed by atoms with Gasteiger partial charge in [-0.05, 0) is 30.7 Å². The van der Waals surface area contributed by atoms with Crippen molar-refractivity contribution in [3.05, 3.63) is 46.2 Å². The molecule has 0 unspecified atom stereocenters. The number of benzene rings is 2. The number of ether oxygens (including phenoxy) is 2. The minimum absolute atomic E-state index is 0.137. The van der Waals surface area contributed by atoms with Crippen LogP contribution >= 0.6 is 22.9 Å². The standard InChI is InChI=1S/C21H21ClN2O5S2/c1-2-8-24-16-12-17-18(29-10-9-28-17)13-19(16)30-21(24)23-20(25)7-11-31(26,27)15-5-3-14(22)4-6-15/h3-6,12-13H,2,7-11H2,1H3. The van der Waals surface area contributed by atoms with Crippen molar-refractivity contribution in [3.8, 4) is 11.5 Å². The van der Waals surface area contributed by atoms with Gasteiger partial charge in [0.1, 0.15) is 13.2 Å². The Hall–Kier alpha value is -2.36. The predicted octanol–water partition coefficient (Wildman–Crippen LogP) is 3.83. The van der Waals surface area contributed by atoms with Crippen LogP contribution < -0.4 is 14.3 Å². The van der Waals surface area contributed by atoms with E-state index in [1.807, 2.05) is 23.6 Å². The zero-order valence-electron chi connectivity index (χ0n) is 16.8. The molecule has 1 aromatic heterocycles. The molecule has 4 rings (SSSR count). The summed E-state index contributed by atoms with van der Waals surface area (Å²) < 4.78 is 39.2. The number of thiazole rings is 1. The topological polar surface area (TPSA) is 87.0 Å². The molecule has 0 fully saturated rings. The SMILES string of the molecule is CCCn1c(=NC(=O)CCS(=O)(=O)c2ccc(Cl)cc2)sc2cc3c(cc21)OCCO3. The normalized spacial score (nSPS) is 14.2. The fourth-order valence-electron chi connectivity index (χ4n) is 3.28. The van der Waals surface area contributed by atoms with E-state index in [1.165, 1.54) is 35.6 Å². The molecule has 31 heavy (non-hydrogen) atoms. The molecule has 0 saturated heterocycles. The van der Waals surface area contributed by atoms with E-state index in [-0.39, 0.29) is 17.1 Å². The molecule has 3 aromatic rings. The number of nitrogens with zero attached hydrogens (tertiary/aromatic N) is 2. The summed E-state index contributed by atoms with van der Waals surface area (Å²) in [6.07, 6.45) is 0.653. The van der Waals surface area contributed by atoms with E-state index in [0.717, 1.165) is 16.6 Å². The molecule has 0 atom stereocenters. The lowest BCUT2D eigenvalue weighted by atomic mass is 10.2. The van der Waals surface area contributed by atoms with Crippen LogP contribution in [0.1, 0.15) is 19.8 Å². The Morgan fingerprint density at radius 3 is 2.52 bits per heavy atom. The molecule has 1 aliphatic rings. The monoisotopic (exact) mass is 480 g/mol. The molecule has 0 saturated carbocycles. The van der Waals surface area contributed by atoms with Crippen LogP contribution in [0.5, 0.6) is 11.5 Å². The summed E-state index contributed by atoms with van der Waals surface area (Å²) in [5.74, 6) is 0.557. The van der Waals surface area contributed by atoms with E-state index >= 15 is 0 Å². The average molecular weight is 481 g/mol. The molecule has 10 heteroatoms. The smallest absolute Gasteiger partial charge is 0.249 e. The molecule has 0 bridgehead atoms. The van der Waals surface area contributed by atoms with Gasteiger partial charge in [-0.1, -0.05) is 29.9 Å². The summed E-state index contributed by atoms with van der Waals surface area (Å²) in [7, 11) is -3.60. The number of carbonyl (C=O) groups excluding carboxylic acids is 1. The molecular weight excluding hydrogens is 460 g/mol. The predicted molar refractivity (Wildman–Crippen MR) is 120 cm³/mol. The molecule has 0 N–H and O–H groups in total. The largest absolute Gasteiger partial charge is 0.486 e. The second-order valence-corrected chi connectivity index (χ2v) is 10.6. The maximum atomic E-state index is 12.5. The molecular formula is C21H21ClN2O5S2. The maximum absolute atomic E-state index is 12.5. The second-order valence-electron chi connectivity index (χ2n) is 7.03. The third kappa shape index (κ3) is 4.78. The Morgan fingerprint density at radius 1 is 1.16 bits per heavy atom. The number of aromatic nitrogens is 1. The summed E-state index contributed by atoms with van der Waals surface area (Å²) in [5.41, 5.74) is 0.913. The van der Waals surface area contributed by atoms with Gasteiger partial charge in [-0.3, -0.25) is 4.79 Å². The van der Waals surface area contributed by atoms with Crippen LogP contribution in [0.2, 0.25) is 5.02 Å². The lowest BCUT2D eigenvalue weighted by Crippen LogP contribution is -2.18. The number of carbonyl (C=O) groups is 1. The van der Waals surface area contributed by atoms with Gasteiger partial charge in [0.15, 0.2) is 26.1 Å². The van der Waals surface area contributed by atoms with E-state index in [1.54, 1.807) is 0 Å². The van der Waals surface area contributed by atoms with Crippen LogP contribution in [0.25, 0.3) is 10.2 Å². The van der Waals surface area contributed by atoms with Crippen molar-refractivity contribution in [2.45, 2.75) is 31.2 Å². The first-order valence-electron chi connectivity index (χ1n) is 9.86. The highest BCUT2D eigenvalue weighted by Crippen LogP contribution is 2.35. The molecule has 1 aliphatic heterocycles. The molecule has 0 radical (unpaired) electrons. The first-order chi connectivity index (χ1) is 14.9. The van der Waals surface area contributed by atoms with Crippen molar-refractivity contribution in [2.24, 2.45) is 4.99 Å². The number of fused-ring (bicyclic) bond motifs is 2. The van der Waals surface area contributed by atoms with Gasteiger partial charge in [0, 0.05) is 30.1 Å². The average Bonchev–Trinajstić information content (AvgIpc) is 3.07. The second kappa shape index (κ2) is 9.02. The first-order valence-corrected chi connectivity index (χ1v) is 12.7. The van der Waals surface area contributed by atoms with Crippen LogP contribution in [-0.2, 0) is 21.2 Å². The molecule has 164 valence electrons. The highest BCUT2D eigenvalue weighted by Gasteiger charge is 2.18. The lowest BCUT2D eigenvalue weighted by molar-refractivity contribution is -0.117. The van der Waals surface area contributed by atoms with E-state index in [0.29, 0.717) is 41.1 Å². The van der Waals surface area contributed by atoms with Crippen LogP contribution in [0.15, 0.2) is 46.3 Å². The minimum Gasteiger partial charge on any atom is -0.486 e. The van der Waals surface area contributed by atoms with Gasteiger partial charge in [0.25, 0.3) is 0 Å². The van der Waals surface area contributed by atoms with Crippen LogP contribution in [0.3, 0.4) is 0 Å². The van der Waals surface area contributed by atoms with Gasteiger partial charge >= 0.3 is 0 Å². The highest BCUT2D eigenvalue weighted by atomic mass is 35.5. The highest BCUT2D eigenvalue weighted by molar-refractivity contribution is 7.91. The lowest BCUT2D eigenvalue weighted by Gasteiger charge is -2.18. The van der Waals surface area contributed by atoms with Crippen molar-refractivity contribution in [2.75, 3.05) is 19.0 Å². The summed E-state index contributed by atoms with van der Waals surface area (Å²) in [5, 5.41) is 0.452. The van der Waals surface area contributed by atoms with E-state index in [9.17, 15) is 13.2 Å². The van der Waals surface area contributed by atoms with E-state index < -0.39 is 15.7 Å². The fraction of sp³-hybridized carbons (Fsp3) is 0.333. The Kier molecular flexibility index (Phi) is 6.36. The molecule has 0 spiro atoms. The Morgan fingerprint density at radius 2 is 1.84 bits per heavy atom. The number of hydrogen-bond acceptors (Lipinski definition) is 6. The number of halogens is 1. The number of sulfone groups is 1. The van der Waals surface area contributed by atoms with Gasteiger partial charge in [0.2, 0.25) is 5.91 Å². The Labute approximate surface area is 188 Å². The van der Waals surface area contributed by atoms with Crippen molar-refractivity contribution in [3.63, 3.8) is 0 Å². The zero-order chi connectivity index (χ0) is 22.0. The van der Waals surface area contributed by atoms with Crippen molar-refractivity contribution < 1.29 is 22.7 Å². The molecule has 1 amide bonds. The third-order valence-corrected chi connectivity index (χ3v) is 7.80. The van der Waals surface area contributed by atoms with Crippen LogP contribution in [-0.4, -0.2) is 37.9 Å². The molecule has 2 heterocycles. The number of aryl methyl sites for hydroxylation is 1. The summed E-state index contributed by atoms with van der Waals surface area (Å²) >= 11 is 7.19. The van der Waals surface area contributed by atoms with Crippen molar-refractivity contribution >= 4 is 48.9 Å². The van der Waals surface area contributed by atoms with E-state index in [4.69, 9.17) is 21.1 Å². The van der Waals surface area contributed by atoms with E-state index in [2.05, 4.69) is 4.99 Å². The molecule has 0 aliphatic carbocycles. The van der Waals surface area contributed by atoms with Gasteiger partial charge < -0.3 is 14.0 Å². The zero-order valence-corrected chi connectivity index (χ0v) is 19.2. The maximum Gasteiger partial charge on any atom is 0.249 e. The summed E-state index contributed by atoms with van der Waals surface area (Å²) in [6, 6.07) is 9.70. The summed E-state index contributed by atoms with van der Waals surface area (Å²) in [4.78, 5) is 17.4. The molecule has 7 nitrogen and oxygen atoms in total. The van der Waals surface area contributed by atoms with Crippen LogP contribution in [0.4, 0.5) is 0 Å². The Balaban J connectivity index is 1.61. The fourth-order valence-corrected chi connectivity index (χ4v) is 5.71. The van der Waals surface area contributed by atoms with Gasteiger partial charge in [-0.2, -0.15) is 4.99 Å². The molecule has 2 aromatic carbocycles. The first kappa shape index (κ1) is 21.9. The van der Waals surface area contributed by atoms with Crippen molar-refractivity contribution in [1.82, 2.24) is 4.57 Å². The summed E-state index contributed by atoms with van der Waals surface area (Å²) in [6.45, 7) is 3.71. The third-order valence-electron chi connectivity index (χ3n) is 4.77. The van der Waals surface area contributed by atoms with Crippen LogP contribution in [0, 0.1) is 0 Å². The number of hydrogen-bond donors (Lipinski definition) is 0.